The lowest BCUT2D eigenvalue weighted by Gasteiger charge is -2.13. The fraction of sp³-hybridized carbons (Fsp3) is 0.111. The third-order valence-corrected chi connectivity index (χ3v) is 6.52. The first-order chi connectivity index (χ1) is 15.9. The number of urea groups is 1. The van der Waals surface area contributed by atoms with E-state index >= 15 is 0 Å². The van der Waals surface area contributed by atoms with E-state index in [-0.39, 0.29) is 18.1 Å². The summed E-state index contributed by atoms with van der Waals surface area (Å²) in [4.78, 5) is 26.8. The molecule has 5 nitrogen and oxygen atoms in total. The van der Waals surface area contributed by atoms with Gasteiger partial charge in [-0.25, -0.2) is 4.79 Å². The van der Waals surface area contributed by atoms with Crippen molar-refractivity contribution in [1.29, 1.82) is 0 Å². The Balaban J connectivity index is 1.48. The Kier molecular flexibility index (Phi) is 5.38. The summed E-state index contributed by atoms with van der Waals surface area (Å²) in [5.74, 6) is -0.321. The Morgan fingerprint density at radius 2 is 1.67 bits per heavy atom. The third kappa shape index (κ3) is 3.87. The van der Waals surface area contributed by atoms with Crippen molar-refractivity contribution >= 4 is 44.7 Å². The van der Waals surface area contributed by atoms with Crippen LogP contribution in [0.3, 0.4) is 0 Å². The Morgan fingerprint density at radius 1 is 0.939 bits per heavy atom. The summed E-state index contributed by atoms with van der Waals surface area (Å²) in [7, 11) is 0. The highest BCUT2D eigenvalue weighted by molar-refractivity contribution is 9.10. The summed E-state index contributed by atoms with van der Waals surface area (Å²) in [5, 5.41) is 5.07. The van der Waals surface area contributed by atoms with Crippen LogP contribution in [-0.2, 0) is 11.3 Å². The monoisotopic (exact) mass is 499 g/mol. The van der Waals surface area contributed by atoms with Crippen molar-refractivity contribution in [2.24, 2.45) is 0 Å². The number of halogens is 1. The van der Waals surface area contributed by atoms with Crippen molar-refractivity contribution in [3.8, 4) is 5.69 Å². The van der Waals surface area contributed by atoms with Gasteiger partial charge in [-0.05, 0) is 60.7 Å². The minimum Gasteiger partial charge on any atom is -0.317 e. The molecule has 164 valence electrons. The number of hydrogen-bond acceptors (Lipinski definition) is 2. The molecule has 1 aliphatic heterocycles. The number of hydrogen-bond donors (Lipinski definition) is 1. The van der Waals surface area contributed by atoms with Crippen molar-refractivity contribution in [3.63, 3.8) is 0 Å². The number of nitrogens with zero attached hydrogens (tertiary/aromatic N) is 2. The molecular weight excluding hydrogens is 478 g/mol. The molecule has 1 saturated heterocycles. The largest absolute Gasteiger partial charge is 0.329 e. The van der Waals surface area contributed by atoms with Gasteiger partial charge >= 0.3 is 6.03 Å². The molecule has 6 heteroatoms. The van der Waals surface area contributed by atoms with E-state index in [0.29, 0.717) is 0 Å². The van der Waals surface area contributed by atoms with Gasteiger partial charge in [-0.3, -0.25) is 9.69 Å². The van der Waals surface area contributed by atoms with Crippen molar-refractivity contribution in [2.45, 2.75) is 20.4 Å². The Bertz CT molecular complexity index is 1430. The van der Waals surface area contributed by atoms with Gasteiger partial charge in [0.1, 0.15) is 5.70 Å². The second-order valence-corrected chi connectivity index (χ2v) is 9.08. The first-order valence-corrected chi connectivity index (χ1v) is 11.5. The minimum atomic E-state index is -0.406. The molecule has 1 aromatic heterocycles. The SMILES string of the molecule is Cc1cc(/C=C2/NC(=O)N(Cc3ccc(Br)cc3)C2=O)c(C)n1-c1cccc2ccccc12. The minimum absolute atomic E-state index is 0.227. The molecule has 0 bridgehead atoms. The van der Waals surface area contributed by atoms with Crippen molar-refractivity contribution in [3.05, 3.63) is 105 Å². The highest BCUT2D eigenvalue weighted by Gasteiger charge is 2.33. The molecule has 0 spiro atoms. The summed E-state index contributed by atoms with van der Waals surface area (Å²) in [6.07, 6.45) is 1.77. The molecule has 2 heterocycles. The summed E-state index contributed by atoms with van der Waals surface area (Å²) in [6, 6.07) is 23.7. The van der Waals surface area contributed by atoms with Crippen LogP contribution in [0.15, 0.2) is 83.0 Å². The zero-order chi connectivity index (χ0) is 23.1. The molecule has 0 atom stereocenters. The maximum absolute atomic E-state index is 13.0. The number of carbonyl (C=O) groups is 2. The molecule has 1 fully saturated rings. The van der Waals surface area contributed by atoms with E-state index in [1.54, 1.807) is 6.08 Å². The predicted octanol–water partition coefficient (Wildman–Crippen LogP) is 6.10. The van der Waals surface area contributed by atoms with E-state index in [9.17, 15) is 9.59 Å². The number of aryl methyl sites for hydroxylation is 1. The van der Waals surface area contributed by atoms with Crippen LogP contribution in [0.1, 0.15) is 22.5 Å². The van der Waals surface area contributed by atoms with Crippen molar-refractivity contribution < 1.29 is 9.59 Å². The van der Waals surface area contributed by atoms with E-state index in [1.807, 2.05) is 56.3 Å². The second-order valence-electron chi connectivity index (χ2n) is 8.17. The average Bonchev–Trinajstić information content (AvgIpc) is 3.24. The Morgan fingerprint density at radius 3 is 2.45 bits per heavy atom. The fourth-order valence-electron chi connectivity index (χ4n) is 4.35. The molecule has 0 unspecified atom stereocenters. The van der Waals surface area contributed by atoms with Crippen LogP contribution < -0.4 is 5.32 Å². The highest BCUT2D eigenvalue weighted by atomic mass is 79.9. The van der Waals surface area contributed by atoms with Gasteiger partial charge < -0.3 is 9.88 Å². The van der Waals surface area contributed by atoms with Gasteiger partial charge in [-0.1, -0.05) is 64.5 Å². The summed E-state index contributed by atoms with van der Waals surface area (Å²) in [6.45, 7) is 4.30. The fourth-order valence-corrected chi connectivity index (χ4v) is 4.62. The van der Waals surface area contributed by atoms with Crippen LogP contribution in [0.2, 0.25) is 0 Å². The summed E-state index contributed by atoms with van der Waals surface area (Å²) < 4.78 is 3.14. The second kappa shape index (κ2) is 8.37. The highest BCUT2D eigenvalue weighted by Crippen LogP contribution is 2.29. The topological polar surface area (TPSA) is 54.3 Å². The van der Waals surface area contributed by atoms with E-state index in [1.165, 1.54) is 10.3 Å². The zero-order valence-corrected chi connectivity index (χ0v) is 19.9. The number of rotatable bonds is 4. The average molecular weight is 500 g/mol. The molecule has 5 rings (SSSR count). The number of carbonyl (C=O) groups excluding carboxylic acids is 2. The zero-order valence-electron chi connectivity index (χ0n) is 18.3. The molecule has 4 aromatic rings. The number of nitrogens with one attached hydrogen (secondary N) is 1. The lowest BCUT2D eigenvalue weighted by Crippen LogP contribution is -2.30. The van der Waals surface area contributed by atoms with Gasteiger partial charge in [0.15, 0.2) is 0 Å². The summed E-state index contributed by atoms with van der Waals surface area (Å²) >= 11 is 3.40. The Labute approximate surface area is 200 Å². The van der Waals surface area contributed by atoms with E-state index in [4.69, 9.17) is 0 Å². The van der Waals surface area contributed by atoms with Gasteiger partial charge in [0.2, 0.25) is 0 Å². The molecule has 3 aromatic carbocycles. The van der Waals surface area contributed by atoms with Gasteiger partial charge in [0.05, 0.1) is 12.2 Å². The van der Waals surface area contributed by atoms with Crippen LogP contribution in [0.5, 0.6) is 0 Å². The number of benzene rings is 3. The Hall–Kier alpha value is -3.64. The van der Waals surface area contributed by atoms with E-state index in [0.717, 1.165) is 38.1 Å². The van der Waals surface area contributed by atoms with Gasteiger partial charge in [-0.15, -0.1) is 0 Å². The van der Waals surface area contributed by atoms with Crippen molar-refractivity contribution in [1.82, 2.24) is 14.8 Å². The molecule has 0 aliphatic carbocycles. The molecule has 1 N–H and O–H groups in total. The molecule has 3 amide bonds. The molecule has 1 aliphatic rings. The molecule has 0 saturated carbocycles. The predicted molar refractivity (Wildman–Crippen MR) is 134 cm³/mol. The smallest absolute Gasteiger partial charge is 0.317 e. The number of imide groups is 1. The van der Waals surface area contributed by atoms with E-state index < -0.39 is 6.03 Å². The lowest BCUT2D eigenvalue weighted by atomic mass is 10.1. The van der Waals surface area contributed by atoms with Gasteiger partial charge in [-0.2, -0.15) is 0 Å². The van der Waals surface area contributed by atoms with Crippen LogP contribution in [-0.4, -0.2) is 21.4 Å². The van der Waals surface area contributed by atoms with Gasteiger partial charge in [0.25, 0.3) is 5.91 Å². The van der Waals surface area contributed by atoms with Crippen LogP contribution >= 0.6 is 15.9 Å². The molecule has 0 radical (unpaired) electrons. The lowest BCUT2D eigenvalue weighted by molar-refractivity contribution is -0.123. The number of aromatic nitrogens is 1. The maximum Gasteiger partial charge on any atom is 0.329 e. The van der Waals surface area contributed by atoms with Crippen LogP contribution in [0.25, 0.3) is 22.5 Å². The van der Waals surface area contributed by atoms with E-state index in [2.05, 4.69) is 56.1 Å². The standard InChI is InChI=1S/C27H22BrN3O2/c1-17-14-21(18(2)31(17)25-9-5-7-20-6-3-4-8-23(20)25)15-24-26(32)30(27(33)29-24)16-19-10-12-22(28)13-11-19/h3-15H,16H2,1-2H3,(H,29,33)/b24-15+. The number of amides is 3. The summed E-state index contributed by atoms with van der Waals surface area (Å²) in [5.41, 5.74) is 5.22. The first kappa shape index (κ1) is 21.2. The first-order valence-electron chi connectivity index (χ1n) is 10.7. The van der Waals surface area contributed by atoms with Crippen molar-refractivity contribution in [2.75, 3.05) is 0 Å². The quantitative estimate of drug-likeness (QED) is 0.272. The molecule has 33 heavy (non-hydrogen) atoms. The third-order valence-electron chi connectivity index (χ3n) is 5.99. The van der Waals surface area contributed by atoms with Crippen LogP contribution in [0, 0.1) is 13.8 Å². The number of fused-ring (bicyclic) bond motifs is 1. The van der Waals surface area contributed by atoms with Crippen LogP contribution in [0.4, 0.5) is 4.79 Å². The van der Waals surface area contributed by atoms with Gasteiger partial charge in [0, 0.05) is 21.2 Å². The maximum atomic E-state index is 13.0. The normalized spacial score (nSPS) is 15.0. The molecular formula is C27H22BrN3O2.